The molecular weight excluding hydrogens is 529 g/mol. The van der Waals surface area contributed by atoms with E-state index in [2.05, 4.69) is 31.2 Å². The number of carbonyl (C=O) groups is 1. The molecule has 0 spiro atoms. The first-order valence-corrected chi connectivity index (χ1v) is 11.8. The van der Waals surface area contributed by atoms with Crippen molar-refractivity contribution in [3.05, 3.63) is 57.2 Å². The Morgan fingerprint density at radius 2 is 1.83 bits per heavy atom. The summed E-state index contributed by atoms with van der Waals surface area (Å²) < 4.78 is 45.8. The van der Waals surface area contributed by atoms with Crippen LogP contribution in [0.1, 0.15) is 46.1 Å². The number of hydrogen-bond acceptors (Lipinski definition) is 5. The molecule has 3 aromatic rings. The van der Waals surface area contributed by atoms with Gasteiger partial charge < -0.3 is 14.6 Å². The van der Waals surface area contributed by atoms with E-state index in [0.29, 0.717) is 40.2 Å². The number of nitrogens with one attached hydrogen (secondary N) is 1. The monoisotopic (exact) mass is 554 g/mol. The molecule has 0 radical (unpaired) electrons. The van der Waals surface area contributed by atoms with E-state index in [4.69, 9.17) is 4.74 Å². The van der Waals surface area contributed by atoms with Gasteiger partial charge in [-0.15, -0.1) is 0 Å². The summed E-state index contributed by atoms with van der Waals surface area (Å²) in [5, 5.41) is 3.84. The fourth-order valence-corrected chi connectivity index (χ4v) is 4.00. The van der Waals surface area contributed by atoms with E-state index in [-0.39, 0.29) is 17.4 Å². The highest BCUT2D eigenvalue weighted by Gasteiger charge is 2.31. The van der Waals surface area contributed by atoms with Crippen LogP contribution < -0.4 is 10.9 Å². The van der Waals surface area contributed by atoms with E-state index in [9.17, 15) is 22.8 Å². The van der Waals surface area contributed by atoms with Gasteiger partial charge in [0.05, 0.1) is 5.56 Å². The predicted molar refractivity (Wildman–Crippen MR) is 130 cm³/mol. The van der Waals surface area contributed by atoms with Crippen LogP contribution in [0.2, 0.25) is 0 Å². The number of fused-ring (bicyclic) bond motifs is 1. The van der Waals surface area contributed by atoms with Crippen LogP contribution in [-0.4, -0.2) is 32.3 Å². The van der Waals surface area contributed by atoms with Gasteiger partial charge in [-0.1, -0.05) is 6.07 Å². The molecule has 0 aliphatic rings. The van der Waals surface area contributed by atoms with Gasteiger partial charge in [-0.2, -0.15) is 13.2 Å². The minimum absolute atomic E-state index is 0.127. The Morgan fingerprint density at radius 1 is 1.17 bits per heavy atom. The van der Waals surface area contributed by atoms with Crippen molar-refractivity contribution in [3.8, 4) is 11.4 Å². The Kier molecular flexibility index (Phi) is 7.88. The number of nitrogens with zero attached hydrogens (tertiary/aromatic N) is 3. The van der Waals surface area contributed by atoms with E-state index >= 15 is 0 Å². The van der Waals surface area contributed by atoms with E-state index < -0.39 is 23.4 Å². The molecule has 2 heterocycles. The van der Waals surface area contributed by atoms with Crippen molar-refractivity contribution >= 4 is 32.8 Å². The van der Waals surface area contributed by atoms with Gasteiger partial charge >= 0.3 is 12.3 Å². The van der Waals surface area contributed by atoms with Crippen LogP contribution in [0, 0.1) is 0 Å². The number of benzene rings is 1. The number of hydrogen-bond donors (Lipinski definition) is 1. The lowest BCUT2D eigenvalue weighted by Gasteiger charge is -2.22. The van der Waals surface area contributed by atoms with Crippen LogP contribution in [0.5, 0.6) is 0 Å². The lowest BCUT2D eigenvalue weighted by Crippen LogP contribution is -2.37. The fourth-order valence-electron chi connectivity index (χ4n) is 3.43. The summed E-state index contributed by atoms with van der Waals surface area (Å²) in [6.07, 6.45) is -0.564. The van der Waals surface area contributed by atoms with Gasteiger partial charge in [0.25, 0.3) is 5.56 Å². The van der Waals surface area contributed by atoms with Crippen molar-refractivity contribution in [3.63, 3.8) is 0 Å². The smallest absolute Gasteiger partial charge is 0.419 e. The van der Waals surface area contributed by atoms with Crippen molar-refractivity contribution in [2.75, 3.05) is 0 Å². The molecule has 1 aromatic carbocycles. The summed E-state index contributed by atoms with van der Waals surface area (Å²) in [7, 11) is 0. The summed E-state index contributed by atoms with van der Waals surface area (Å²) in [5.74, 6) is 0.127. The molecule has 11 heteroatoms. The molecule has 1 unspecified atom stereocenters. The zero-order valence-electron chi connectivity index (χ0n) is 19.7. The minimum Gasteiger partial charge on any atom is -0.444 e. The maximum absolute atomic E-state index is 13.0. The van der Waals surface area contributed by atoms with Crippen molar-refractivity contribution in [1.29, 1.82) is 0 Å². The van der Waals surface area contributed by atoms with E-state index in [1.807, 2.05) is 6.92 Å². The second kappa shape index (κ2) is 10.3. The number of aromatic nitrogens is 3. The van der Waals surface area contributed by atoms with Gasteiger partial charge in [-0.05, 0) is 68.6 Å². The highest BCUT2D eigenvalue weighted by atomic mass is 79.9. The molecule has 0 bridgehead atoms. The summed E-state index contributed by atoms with van der Waals surface area (Å²) in [4.78, 5) is 32.5. The van der Waals surface area contributed by atoms with E-state index in [1.165, 1.54) is 0 Å². The van der Waals surface area contributed by atoms with Gasteiger partial charge in [0.1, 0.15) is 5.60 Å². The van der Waals surface area contributed by atoms with Crippen LogP contribution in [0.4, 0.5) is 18.0 Å². The second-order valence-corrected chi connectivity index (χ2v) is 10.1. The zero-order chi connectivity index (χ0) is 26.0. The molecule has 0 saturated carbocycles. The first-order chi connectivity index (χ1) is 16.2. The molecule has 1 amide bonds. The van der Waals surface area contributed by atoms with Crippen LogP contribution in [0.15, 0.2) is 46.1 Å². The lowest BCUT2D eigenvalue weighted by molar-refractivity contribution is -0.138. The van der Waals surface area contributed by atoms with E-state index in [0.717, 1.165) is 12.4 Å². The van der Waals surface area contributed by atoms with Gasteiger partial charge in [0.2, 0.25) is 0 Å². The Hall–Kier alpha value is -2.95. The second-order valence-electron chi connectivity index (χ2n) is 9.22. The molecule has 1 N–H and O–H groups in total. The summed E-state index contributed by atoms with van der Waals surface area (Å²) in [5.41, 5.74) is -1.21. The van der Waals surface area contributed by atoms with Gasteiger partial charge in [0.15, 0.2) is 5.82 Å². The normalized spacial score (nSPS) is 13.0. The third-order valence-corrected chi connectivity index (χ3v) is 5.71. The van der Waals surface area contributed by atoms with Gasteiger partial charge in [-0.3, -0.25) is 4.79 Å². The quantitative estimate of drug-likeness (QED) is 0.408. The highest BCUT2D eigenvalue weighted by molar-refractivity contribution is 9.10. The number of ether oxygens (including phenoxy) is 1. The number of alkyl carbamates (subject to hydrolysis) is 1. The van der Waals surface area contributed by atoms with Crippen LogP contribution in [-0.2, 0) is 17.5 Å². The lowest BCUT2D eigenvalue weighted by atomic mass is 10.1. The molecule has 188 valence electrons. The van der Waals surface area contributed by atoms with Crippen molar-refractivity contribution in [2.45, 2.75) is 64.9 Å². The molecule has 0 aliphatic carbocycles. The Bertz CT molecular complexity index is 1270. The summed E-state index contributed by atoms with van der Waals surface area (Å²) in [6.45, 7) is 7.69. The molecule has 2 aromatic heterocycles. The summed E-state index contributed by atoms with van der Waals surface area (Å²) >= 11 is 3.48. The van der Waals surface area contributed by atoms with Crippen LogP contribution in [0.25, 0.3) is 22.2 Å². The molecule has 0 aliphatic heterocycles. The number of amides is 1. The Balaban J connectivity index is 1.72. The molecule has 3 rings (SSSR count). The summed E-state index contributed by atoms with van der Waals surface area (Å²) in [6, 6.07) is 4.76. The zero-order valence-corrected chi connectivity index (χ0v) is 21.3. The maximum atomic E-state index is 13.0. The molecule has 35 heavy (non-hydrogen) atoms. The highest BCUT2D eigenvalue weighted by Crippen LogP contribution is 2.30. The third-order valence-electron chi connectivity index (χ3n) is 5.07. The van der Waals surface area contributed by atoms with Crippen molar-refractivity contribution < 1.29 is 22.7 Å². The SMILES string of the molecule is CC(CCCn1cc(Br)c2cc(-c3ncc(C(F)(F)F)cn3)ccc2c1=O)NC(=O)OC(C)(C)C. The number of pyridine rings is 1. The van der Waals surface area contributed by atoms with Crippen molar-refractivity contribution in [2.24, 2.45) is 0 Å². The third kappa shape index (κ3) is 7.03. The van der Waals surface area contributed by atoms with Crippen LogP contribution >= 0.6 is 15.9 Å². The first kappa shape index (κ1) is 26.7. The van der Waals surface area contributed by atoms with Gasteiger partial charge in [0, 0.05) is 52.0 Å². The fraction of sp³-hybridized carbons (Fsp3) is 0.417. The minimum atomic E-state index is -4.51. The average molecular weight is 555 g/mol. The van der Waals surface area contributed by atoms with Crippen molar-refractivity contribution in [1.82, 2.24) is 19.9 Å². The molecule has 1 atom stereocenters. The average Bonchev–Trinajstić information content (AvgIpc) is 2.75. The van der Waals surface area contributed by atoms with E-state index in [1.54, 1.807) is 49.7 Å². The number of alkyl halides is 3. The largest absolute Gasteiger partial charge is 0.444 e. The number of carbonyl (C=O) groups excluding carboxylic acids is 1. The Morgan fingerprint density at radius 3 is 2.43 bits per heavy atom. The maximum Gasteiger partial charge on any atom is 0.419 e. The Labute approximate surface area is 208 Å². The van der Waals surface area contributed by atoms with Gasteiger partial charge in [-0.25, -0.2) is 14.8 Å². The number of rotatable bonds is 6. The molecular formula is C24H26BrF3N4O3. The topological polar surface area (TPSA) is 86.1 Å². The molecule has 0 saturated heterocycles. The number of halogens is 4. The first-order valence-electron chi connectivity index (χ1n) is 11.0. The molecule has 0 fully saturated rings. The number of aryl methyl sites for hydroxylation is 1. The standard InChI is InChI=1S/C24H26BrF3N4O3/c1-14(31-22(34)35-23(2,3)4)6-5-9-32-13-19(25)18-10-15(7-8-17(18)21(32)33)20-29-11-16(12-30-20)24(26,27)28/h7-8,10-14H,5-6,9H2,1-4H3,(H,31,34). The predicted octanol–water partition coefficient (Wildman–Crippen LogP) is 5.93. The van der Waals surface area contributed by atoms with Crippen LogP contribution in [0.3, 0.4) is 0 Å². The molecule has 7 nitrogen and oxygen atoms in total.